The van der Waals surface area contributed by atoms with Crippen molar-refractivity contribution in [3.05, 3.63) is 30.4 Å². The van der Waals surface area contributed by atoms with Crippen LogP contribution in [-0.2, 0) is 9.59 Å². The molecule has 0 fully saturated rings. The SMILES string of the molecule is CC(=O)O.CC(=O)O.Fc1c(F)c(I)c(F)c(F)c1I. The minimum Gasteiger partial charge on any atom is -0.481 e. The number of aliphatic carboxylic acids is 2. The zero-order valence-electron chi connectivity index (χ0n) is 9.98. The summed E-state index contributed by atoms with van der Waals surface area (Å²) in [6.07, 6.45) is 0. The van der Waals surface area contributed by atoms with E-state index in [0.717, 1.165) is 13.8 Å². The molecule has 0 atom stereocenters. The summed E-state index contributed by atoms with van der Waals surface area (Å²) in [5.74, 6) is -7.06. The highest BCUT2D eigenvalue weighted by Gasteiger charge is 2.21. The van der Waals surface area contributed by atoms with Crippen molar-refractivity contribution in [3.63, 3.8) is 0 Å². The lowest BCUT2D eigenvalue weighted by Gasteiger charge is -2.02. The molecule has 1 aromatic carbocycles. The summed E-state index contributed by atoms with van der Waals surface area (Å²) in [5, 5.41) is 14.8. The Hall–Kier alpha value is -0.660. The van der Waals surface area contributed by atoms with Crippen LogP contribution in [0.1, 0.15) is 13.8 Å². The fourth-order valence-electron chi connectivity index (χ4n) is 0.578. The predicted octanol–water partition coefficient (Wildman–Crippen LogP) is 3.63. The first-order valence-corrected chi connectivity index (χ1v) is 6.65. The number of carboxylic acids is 2. The third kappa shape index (κ3) is 8.50. The number of hydrogen-bond donors (Lipinski definition) is 2. The third-order valence-corrected chi connectivity index (χ3v) is 3.05. The molecule has 0 amide bonds. The lowest BCUT2D eigenvalue weighted by Crippen LogP contribution is -2.02. The summed E-state index contributed by atoms with van der Waals surface area (Å²) >= 11 is 2.41. The third-order valence-electron chi connectivity index (χ3n) is 1.16. The fourth-order valence-corrected chi connectivity index (χ4v) is 1.53. The van der Waals surface area contributed by atoms with E-state index in [1.165, 1.54) is 45.2 Å². The number of carboxylic acid groups (broad SMARTS) is 2. The van der Waals surface area contributed by atoms with Gasteiger partial charge in [0.2, 0.25) is 0 Å². The monoisotopic (exact) mass is 522 g/mol. The molecule has 1 aromatic rings. The van der Waals surface area contributed by atoms with Crippen molar-refractivity contribution in [3.8, 4) is 0 Å². The quantitative estimate of drug-likeness (QED) is 0.237. The first-order chi connectivity index (χ1) is 8.93. The van der Waals surface area contributed by atoms with Gasteiger partial charge in [0.1, 0.15) is 0 Å². The van der Waals surface area contributed by atoms with Crippen molar-refractivity contribution >= 4 is 57.1 Å². The van der Waals surface area contributed by atoms with Gasteiger partial charge >= 0.3 is 0 Å². The molecule has 0 aliphatic carbocycles. The first kappa shape index (κ1) is 21.6. The van der Waals surface area contributed by atoms with Crippen molar-refractivity contribution in [1.82, 2.24) is 0 Å². The molecule has 0 unspecified atom stereocenters. The van der Waals surface area contributed by atoms with Gasteiger partial charge in [-0.1, -0.05) is 0 Å². The molecular weight excluding hydrogens is 514 g/mol. The van der Waals surface area contributed by atoms with Crippen LogP contribution >= 0.6 is 45.2 Å². The molecular formula is C10H8F4I2O4. The predicted molar refractivity (Wildman–Crippen MR) is 78.3 cm³/mol. The van der Waals surface area contributed by atoms with Gasteiger partial charge in [-0.25, -0.2) is 17.6 Å². The molecule has 114 valence electrons. The summed E-state index contributed by atoms with van der Waals surface area (Å²) in [6, 6.07) is 0. The molecule has 20 heavy (non-hydrogen) atoms. The lowest BCUT2D eigenvalue weighted by atomic mass is 10.3. The normalized spacial score (nSPS) is 8.80. The van der Waals surface area contributed by atoms with Gasteiger partial charge in [0.05, 0.1) is 7.14 Å². The van der Waals surface area contributed by atoms with Crippen LogP contribution in [0.2, 0.25) is 0 Å². The zero-order chi connectivity index (χ0) is 16.6. The Morgan fingerprint density at radius 3 is 0.950 bits per heavy atom. The van der Waals surface area contributed by atoms with E-state index in [4.69, 9.17) is 19.8 Å². The molecule has 0 radical (unpaired) electrons. The number of rotatable bonds is 0. The number of halogens is 6. The first-order valence-electron chi connectivity index (χ1n) is 4.49. The standard InChI is InChI=1S/C6F4I2.2C2H4O2/c7-1-2(8)6(12)4(10)3(9)5(1)11;2*1-2(3)4/h;2*1H3,(H,3,4). The van der Waals surface area contributed by atoms with Crippen LogP contribution in [0, 0.1) is 30.4 Å². The minimum absolute atomic E-state index is 0.664. The van der Waals surface area contributed by atoms with Crippen LogP contribution in [0.15, 0.2) is 0 Å². The summed E-state index contributed by atoms with van der Waals surface area (Å²) in [5.41, 5.74) is 0. The van der Waals surface area contributed by atoms with Crippen LogP contribution in [0.25, 0.3) is 0 Å². The van der Waals surface area contributed by atoms with Crippen molar-refractivity contribution in [1.29, 1.82) is 0 Å². The van der Waals surface area contributed by atoms with Gasteiger partial charge in [0.15, 0.2) is 23.3 Å². The van der Waals surface area contributed by atoms with Gasteiger partial charge in [-0.2, -0.15) is 0 Å². The number of carbonyl (C=O) groups is 2. The van der Waals surface area contributed by atoms with Crippen LogP contribution < -0.4 is 0 Å². The Kier molecular flexibility index (Phi) is 11.0. The average molecular weight is 522 g/mol. The Bertz CT molecular complexity index is 384. The second-order valence-corrected chi connectivity index (χ2v) is 5.08. The van der Waals surface area contributed by atoms with E-state index in [9.17, 15) is 17.6 Å². The Labute approximate surface area is 138 Å². The highest BCUT2D eigenvalue weighted by Crippen LogP contribution is 2.25. The van der Waals surface area contributed by atoms with Crippen LogP contribution in [0.3, 0.4) is 0 Å². The molecule has 0 spiro atoms. The van der Waals surface area contributed by atoms with E-state index >= 15 is 0 Å². The molecule has 0 saturated heterocycles. The lowest BCUT2D eigenvalue weighted by molar-refractivity contribution is -0.135. The van der Waals surface area contributed by atoms with Crippen molar-refractivity contribution < 1.29 is 37.4 Å². The zero-order valence-corrected chi connectivity index (χ0v) is 14.3. The molecule has 0 aliphatic rings. The second-order valence-electron chi connectivity index (χ2n) is 2.92. The molecule has 0 aromatic heterocycles. The van der Waals surface area contributed by atoms with E-state index in [-0.39, 0.29) is 0 Å². The second kappa shape index (κ2) is 10.1. The Morgan fingerprint density at radius 2 is 0.850 bits per heavy atom. The summed E-state index contributed by atoms with van der Waals surface area (Å²) in [4.78, 5) is 18.0. The minimum atomic E-state index is -1.35. The van der Waals surface area contributed by atoms with E-state index in [0.29, 0.717) is 0 Å². The van der Waals surface area contributed by atoms with Crippen molar-refractivity contribution in [2.24, 2.45) is 0 Å². The van der Waals surface area contributed by atoms with E-state index in [2.05, 4.69) is 0 Å². The maximum Gasteiger partial charge on any atom is 0.300 e. The van der Waals surface area contributed by atoms with E-state index in [1.54, 1.807) is 0 Å². The number of hydrogen-bond acceptors (Lipinski definition) is 2. The van der Waals surface area contributed by atoms with Crippen LogP contribution in [-0.4, -0.2) is 22.2 Å². The van der Waals surface area contributed by atoms with Gasteiger partial charge in [0, 0.05) is 13.8 Å². The molecule has 1 rings (SSSR count). The van der Waals surface area contributed by atoms with E-state index in [1.807, 2.05) is 0 Å². The molecule has 0 saturated carbocycles. The number of benzene rings is 1. The smallest absolute Gasteiger partial charge is 0.300 e. The van der Waals surface area contributed by atoms with Gasteiger partial charge in [0.25, 0.3) is 11.9 Å². The van der Waals surface area contributed by atoms with Gasteiger partial charge in [-0.05, 0) is 45.2 Å². The summed E-state index contributed by atoms with van der Waals surface area (Å²) in [7, 11) is 0. The van der Waals surface area contributed by atoms with Gasteiger partial charge < -0.3 is 10.2 Å². The van der Waals surface area contributed by atoms with Crippen LogP contribution in [0.4, 0.5) is 17.6 Å². The molecule has 10 heteroatoms. The average Bonchev–Trinajstić information content (AvgIpc) is 2.30. The van der Waals surface area contributed by atoms with Crippen LogP contribution in [0.5, 0.6) is 0 Å². The molecule has 0 heterocycles. The highest BCUT2D eigenvalue weighted by molar-refractivity contribution is 14.1. The molecule has 0 aliphatic heterocycles. The molecule has 0 bridgehead atoms. The maximum atomic E-state index is 12.6. The topological polar surface area (TPSA) is 74.6 Å². The largest absolute Gasteiger partial charge is 0.481 e. The summed E-state index contributed by atoms with van der Waals surface area (Å²) < 4.78 is 49.2. The van der Waals surface area contributed by atoms with Crippen molar-refractivity contribution in [2.45, 2.75) is 13.8 Å². The fraction of sp³-hybridized carbons (Fsp3) is 0.200. The van der Waals surface area contributed by atoms with Crippen molar-refractivity contribution in [2.75, 3.05) is 0 Å². The van der Waals surface area contributed by atoms with E-state index < -0.39 is 42.3 Å². The summed E-state index contributed by atoms with van der Waals surface area (Å²) in [6.45, 7) is 2.17. The Balaban J connectivity index is 0. The van der Waals surface area contributed by atoms with Gasteiger partial charge in [-0.15, -0.1) is 0 Å². The highest BCUT2D eigenvalue weighted by atomic mass is 127. The Morgan fingerprint density at radius 1 is 0.750 bits per heavy atom. The maximum absolute atomic E-state index is 12.6. The molecule has 4 nitrogen and oxygen atoms in total. The molecule has 2 N–H and O–H groups in total. The van der Waals surface area contributed by atoms with Gasteiger partial charge in [-0.3, -0.25) is 9.59 Å².